The van der Waals surface area contributed by atoms with Gasteiger partial charge in [-0.2, -0.15) is 0 Å². The molecule has 0 aromatic carbocycles. The summed E-state index contributed by atoms with van der Waals surface area (Å²) >= 11 is 0. The Bertz CT molecular complexity index is 316. The molecular weight excluding hydrogens is 236 g/mol. The molecule has 0 rings (SSSR count). The zero-order valence-electron chi connectivity index (χ0n) is 9.42. The third-order valence-corrected chi connectivity index (χ3v) is 3.97. The summed E-state index contributed by atoms with van der Waals surface area (Å²) in [6.45, 7) is 0.530. The molecule has 0 saturated heterocycles. The molecule has 0 aromatic rings. The summed E-state index contributed by atoms with van der Waals surface area (Å²) in [5, 5.41) is 8.51. The molecule has 0 aliphatic carbocycles. The fraction of sp³-hybridized carbons (Fsp3) is 0.875. The van der Waals surface area contributed by atoms with Gasteiger partial charge in [-0.3, -0.25) is 4.79 Å². The lowest BCUT2D eigenvalue weighted by atomic mass is 10.2. The number of ether oxygens (including phenoxy) is 1. The topological polar surface area (TPSA) is 110 Å². The molecule has 0 heterocycles. The van der Waals surface area contributed by atoms with E-state index in [9.17, 15) is 13.2 Å². The second-order valence-electron chi connectivity index (χ2n) is 3.36. The molecule has 1 unspecified atom stereocenters. The Morgan fingerprint density at radius 1 is 1.56 bits per heavy atom. The number of rotatable bonds is 8. The van der Waals surface area contributed by atoms with E-state index in [0.29, 0.717) is 6.61 Å². The van der Waals surface area contributed by atoms with Crippen LogP contribution in [0.25, 0.3) is 0 Å². The lowest BCUT2D eigenvalue weighted by Gasteiger charge is -2.17. The Kier molecular flexibility index (Phi) is 6.49. The van der Waals surface area contributed by atoms with Crippen molar-refractivity contribution in [1.29, 1.82) is 0 Å². The molecule has 1 atom stereocenters. The molecule has 7 nitrogen and oxygen atoms in total. The van der Waals surface area contributed by atoms with Crippen molar-refractivity contribution in [1.82, 2.24) is 4.31 Å². The molecule has 3 N–H and O–H groups in total. The van der Waals surface area contributed by atoms with E-state index in [4.69, 9.17) is 15.6 Å². The van der Waals surface area contributed by atoms with Crippen LogP contribution >= 0.6 is 0 Å². The monoisotopic (exact) mass is 254 g/mol. The van der Waals surface area contributed by atoms with Crippen LogP contribution in [0.4, 0.5) is 0 Å². The molecular formula is C8H18N2O5S. The summed E-state index contributed by atoms with van der Waals surface area (Å²) in [5.74, 6) is -1.48. The Hall–Kier alpha value is -0.700. The number of hydrogen-bond donors (Lipinski definition) is 2. The molecule has 16 heavy (non-hydrogen) atoms. The van der Waals surface area contributed by atoms with Crippen LogP contribution in [-0.2, 0) is 19.6 Å². The maximum Gasteiger partial charge on any atom is 0.320 e. The molecule has 0 bridgehead atoms. The molecule has 0 radical (unpaired) electrons. The van der Waals surface area contributed by atoms with Crippen molar-refractivity contribution >= 4 is 16.0 Å². The van der Waals surface area contributed by atoms with Crippen molar-refractivity contribution in [2.24, 2.45) is 5.73 Å². The highest BCUT2D eigenvalue weighted by Crippen LogP contribution is 2.02. The molecule has 0 fully saturated rings. The maximum absolute atomic E-state index is 11.6. The minimum absolute atomic E-state index is 0.102. The predicted molar refractivity (Wildman–Crippen MR) is 58.5 cm³/mol. The third-order valence-electron chi connectivity index (χ3n) is 2.09. The molecule has 0 amide bonds. The van der Waals surface area contributed by atoms with Crippen molar-refractivity contribution in [3.05, 3.63) is 0 Å². The molecule has 0 aliphatic rings. The van der Waals surface area contributed by atoms with Crippen LogP contribution in [0.1, 0.15) is 6.42 Å². The number of hydrogen-bond acceptors (Lipinski definition) is 5. The van der Waals surface area contributed by atoms with Crippen molar-refractivity contribution < 1.29 is 23.1 Å². The highest BCUT2D eigenvalue weighted by atomic mass is 32.2. The van der Waals surface area contributed by atoms with Gasteiger partial charge in [0.1, 0.15) is 6.04 Å². The summed E-state index contributed by atoms with van der Waals surface area (Å²) < 4.78 is 29.0. The molecule has 0 aromatic heterocycles. The Balaban J connectivity index is 4.19. The van der Waals surface area contributed by atoms with Gasteiger partial charge in [-0.25, -0.2) is 12.7 Å². The summed E-state index contributed by atoms with van der Waals surface area (Å²) in [6.07, 6.45) is -0.102. The summed E-state index contributed by atoms with van der Waals surface area (Å²) in [6, 6.07) is -1.15. The van der Waals surface area contributed by atoms with Gasteiger partial charge in [-0.15, -0.1) is 0 Å². The number of carboxylic acid groups (broad SMARTS) is 1. The van der Waals surface area contributed by atoms with Gasteiger partial charge >= 0.3 is 5.97 Å². The number of aliphatic carboxylic acids is 1. The van der Waals surface area contributed by atoms with Crippen LogP contribution in [-0.4, -0.2) is 62.9 Å². The summed E-state index contributed by atoms with van der Waals surface area (Å²) in [4.78, 5) is 10.4. The minimum atomic E-state index is -3.45. The number of methoxy groups -OCH3 is 1. The average molecular weight is 254 g/mol. The zero-order chi connectivity index (χ0) is 12.8. The van der Waals surface area contributed by atoms with Crippen LogP contribution in [0.2, 0.25) is 0 Å². The molecule has 96 valence electrons. The second-order valence-corrected chi connectivity index (χ2v) is 5.56. The van der Waals surface area contributed by atoms with E-state index in [2.05, 4.69) is 0 Å². The van der Waals surface area contributed by atoms with Gasteiger partial charge in [0, 0.05) is 20.7 Å². The van der Waals surface area contributed by atoms with Crippen molar-refractivity contribution in [2.45, 2.75) is 12.5 Å². The van der Waals surface area contributed by atoms with E-state index in [-0.39, 0.29) is 18.7 Å². The Morgan fingerprint density at radius 2 is 2.12 bits per heavy atom. The second kappa shape index (κ2) is 6.79. The minimum Gasteiger partial charge on any atom is -0.480 e. The number of nitrogens with two attached hydrogens (primary N) is 1. The first-order valence-electron chi connectivity index (χ1n) is 4.72. The Labute approximate surface area is 95.2 Å². The fourth-order valence-corrected chi connectivity index (χ4v) is 2.13. The third kappa shape index (κ3) is 5.40. The lowest BCUT2D eigenvalue weighted by Crippen LogP contribution is -2.37. The molecule has 0 saturated carbocycles. The van der Waals surface area contributed by atoms with E-state index in [1.807, 2.05) is 0 Å². The van der Waals surface area contributed by atoms with Crippen molar-refractivity contribution in [2.75, 3.05) is 33.1 Å². The zero-order valence-corrected chi connectivity index (χ0v) is 10.2. The van der Waals surface area contributed by atoms with Crippen LogP contribution in [0.3, 0.4) is 0 Å². The standard InChI is InChI=1S/C8H18N2O5S/c1-10(4-5-15-2)16(13,14)6-3-7(9)8(11)12/h7H,3-6,9H2,1-2H3,(H,11,12). The highest BCUT2D eigenvalue weighted by molar-refractivity contribution is 7.89. The molecule has 8 heteroatoms. The van der Waals surface area contributed by atoms with E-state index in [1.165, 1.54) is 14.2 Å². The van der Waals surface area contributed by atoms with Crippen LogP contribution in [0.15, 0.2) is 0 Å². The number of carbonyl (C=O) groups is 1. The number of nitrogens with zero attached hydrogens (tertiary/aromatic N) is 1. The summed E-state index contributed by atoms with van der Waals surface area (Å²) in [7, 11) is -0.561. The SMILES string of the molecule is COCCN(C)S(=O)(=O)CCC(N)C(=O)O. The first kappa shape index (κ1) is 15.3. The van der Waals surface area contributed by atoms with Gasteiger partial charge in [0.25, 0.3) is 0 Å². The fourth-order valence-electron chi connectivity index (χ4n) is 0.914. The first-order chi connectivity index (χ1) is 7.31. The smallest absolute Gasteiger partial charge is 0.320 e. The number of sulfonamides is 1. The normalized spacial score (nSPS) is 14.0. The van der Waals surface area contributed by atoms with Gasteiger partial charge < -0.3 is 15.6 Å². The van der Waals surface area contributed by atoms with Gasteiger partial charge in [0.15, 0.2) is 0 Å². The average Bonchev–Trinajstić information content (AvgIpc) is 2.22. The van der Waals surface area contributed by atoms with Gasteiger partial charge in [0.2, 0.25) is 10.0 Å². The first-order valence-corrected chi connectivity index (χ1v) is 6.33. The van der Waals surface area contributed by atoms with Gasteiger partial charge in [0.05, 0.1) is 12.4 Å². The van der Waals surface area contributed by atoms with E-state index in [1.54, 1.807) is 0 Å². The van der Waals surface area contributed by atoms with Crippen LogP contribution < -0.4 is 5.73 Å². The highest BCUT2D eigenvalue weighted by Gasteiger charge is 2.21. The lowest BCUT2D eigenvalue weighted by molar-refractivity contribution is -0.138. The van der Waals surface area contributed by atoms with Crippen LogP contribution in [0, 0.1) is 0 Å². The summed E-state index contributed by atoms with van der Waals surface area (Å²) in [5.41, 5.74) is 5.22. The van der Waals surface area contributed by atoms with E-state index >= 15 is 0 Å². The quantitative estimate of drug-likeness (QED) is 0.557. The van der Waals surface area contributed by atoms with E-state index < -0.39 is 22.0 Å². The molecule has 0 aliphatic heterocycles. The van der Waals surface area contributed by atoms with Gasteiger partial charge in [-0.1, -0.05) is 0 Å². The predicted octanol–water partition coefficient (Wildman–Crippen LogP) is -1.30. The largest absolute Gasteiger partial charge is 0.480 e. The number of likely N-dealkylation sites (N-methyl/N-ethyl adjacent to an activating group) is 1. The van der Waals surface area contributed by atoms with Crippen molar-refractivity contribution in [3.8, 4) is 0 Å². The van der Waals surface area contributed by atoms with Crippen molar-refractivity contribution in [3.63, 3.8) is 0 Å². The van der Waals surface area contributed by atoms with E-state index in [0.717, 1.165) is 4.31 Å². The Morgan fingerprint density at radius 3 is 2.56 bits per heavy atom. The maximum atomic E-state index is 11.6. The van der Waals surface area contributed by atoms with Crippen LogP contribution in [0.5, 0.6) is 0 Å². The molecule has 0 spiro atoms. The number of carboxylic acids is 1. The van der Waals surface area contributed by atoms with Gasteiger partial charge in [-0.05, 0) is 6.42 Å².